The molecule has 3 heterocycles. The van der Waals surface area contributed by atoms with Gasteiger partial charge in [-0.1, -0.05) is 123 Å². The van der Waals surface area contributed by atoms with E-state index in [1.165, 1.54) is 102 Å². The van der Waals surface area contributed by atoms with Gasteiger partial charge in [-0.3, -0.25) is 0 Å². The van der Waals surface area contributed by atoms with Crippen LogP contribution >= 0.6 is 21.4 Å². The smallest absolute Gasteiger partial charge is 0.144 e. The van der Waals surface area contributed by atoms with Crippen molar-refractivity contribution in [3.8, 4) is 33.4 Å². The van der Waals surface area contributed by atoms with Gasteiger partial charge < -0.3 is 9.32 Å². The molecule has 0 amide bonds. The van der Waals surface area contributed by atoms with Crippen LogP contribution in [0.15, 0.2) is 190 Å². The molecule has 13 rings (SSSR count). The predicted octanol–water partition coefficient (Wildman–Crippen LogP) is 17.0. The van der Waals surface area contributed by atoms with Crippen LogP contribution in [-0.4, -0.2) is 12.5 Å². The first-order valence-electron chi connectivity index (χ1n) is 21.1. The standard InChI is InChI=1S/C57H41NOS2/c1-57(2)48-18-9-7-14-41(48)44-17-11-16-40(55(44)57)34-20-22-37(23-21-34)58(39-24-26-43-42-15-8-10-19-52(42)61(3,4)53(43)33-39)38-25-27-46-51(32-38)60-50-29-28-45-47-30-35-12-5-6-13-36(35)31-49(47)59-56(45)54(46)50/h5-33H,1-4H3. The summed E-state index contributed by atoms with van der Waals surface area (Å²) in [6.07, 6.45) is 4.90. The molecule has 9 aromatic carbocycles. The van der Waals surface area contributed by atoms with Crippen molar-refractivity contribution in [2.75, 3.05) is 17.4 Å². The summed E-state index contributed by atoms with van der Waals surface area (Å²) in [7, 11) is -1.20. The molecule has 1 aliphatic heterocycles. The van der Waals surface area contributed by atoms with Crippen LogP contribution in [0, 0.1) is 0 Å². The number of rotatable bonds is 4. The van der Waals surface area contributed by atoms with Gasteiger partial charge in [0.05, 0.1) is 0 Å². The summed E-state index contributed by atoms with van der Waals surface area (Å²) in [6.45, 7) is 4.75. The van der Waals surface area contributed by atoms with Gasteiger partial charge in [-0.2, -0.15) is 10.0 Å². The van der Waals surface area contributed by atoms with Crippen molar-refractivity contribution in [2.24, 2.45) is 0 Å². The van der Waals surface area contributed by atoms with Gasteiger partial charge in [0.25, 0.3) is 0 Å². The monoisotopic (exact) mass is 819 g/mol. The summed E-state index contributed by atoms with van der Waals surface area (Å²) in [4.78, 5) is 5.37. The molecule has 2 nitrogen and oxygen atoms in total. The van der Waals surface area contributed by atoms with Crippen molar-refractivity contribution in [1.82, 2.24) is 0 Å². The highest BCUT2D eigenvalue weighted by Gasteiger charge is 2.37. The van der Waals surface area contributed by atoms with Gasteiger partial charge in [0, 0.05) is 63.2 Å². The van der Waals surface area contributed by atoms with Crippen molar-refractivity contribution in [2.45, 2.75) is 29.1 Å². The van der Waals surface area contributed by atoms with Crippen molar-refractivity contribution in [1.29, 1.82) is 0 Å². The molecule has 2 aromatic heterocycles. The highest BCUT2D eigenvalue weighted by atomic mass is 32.3. The Morgan fingerprint density at radius 1 is 0.492 bits per heavy atom. The zero-order valence-electron chi connectivity index (χ0n) is 34.4. The minimum absolute atomic E-state index is 0.0912. The molecule has 0 fully saturated rings. The molecule has 0 radical (unpaired) electrons. The van der Waals surface area contributed by atoms with Crippen molar-refractivity contribution in [3.05, 3.63) is 187 Å². The highest BCUT2D eigenvalue weighted by molar-refractivity contribution is 8.33. The molecule has 0 saturated heterocycles. The van der Waals surface area contributed by atoms with E-state index in [0.717, 1.165) is 22.5 Å². The van der Waals surface area contributed by atoms with Gasteiger partial charge in [-0.05, 0) is 135 Å². The maximum Gasteiger partial charge on any atom is 0.144 e. The Labute approximate surface area is 360 Å². The molecule has 0 bridgehead atoms. The largest absolute Gasteiger partial charge is 0.455 e. The molecule has 11 aromatic rings. The lowest BCUT2D eigenvalue weighted by atomic mass is 9.79. The average molecular weight is 820 g/mol. The van der Waals surface area contributed by atoms with E-state index in [2.05, 4.69) is 207 Å². The quantitative estimate of drug-likeness (QED) is 0.176. The molecule has 0 spiro atoms. The van der Waals surface area contributed by atoms with E-state index < -0.39 is 10.0 Å². The third kappa shape index (κ3) is 4.92. The van der Waals surface area contributed by atoms with E-state index in [0.29, 0.717) is 0 Å². The Kier molecular flexibility index (Phi) is 7.20. The first kappa shape index (κ1) is 35.2. The average Bonchev–Trinajstić information content (AvgIpc) is 3.98. The second-order valence-corrected chi connectivity index (χ2v) is 22.3. The zero-order valence-corrected chi connectivity index (χ0v) is 36.0. The molecule has 61 heavy (non-hydrogen) atoms. The third-order valence-corrected chi connectivity index (χ3v) is 17.7. The number of benzene rings is 9. The number of furan rings is 1. The molecule has 0 atom stereocenters. The van der Waals surface area contributed by atoms with Crippen LogP contribution in [0.1, 0.15) is 25.0 Å². The lowest BCUT2D eigenvalue weighted by Crippen LogP contribution is -2.16. The fourth-order valence-electron chi connectivity index (χ4n) is 10.8. The molecule has 0 saturated carbocycles. The molecule has 0 unspecified atom stereocenters. The van der Waals surface area contributed by atoms with Gasteiger partial charge in [0.2, 0.25) is 0 Å². The molecule has 2 aliphatic rings. The minimum Gasteiger partial charge on any atom is -0.455 e. The maximum absolute atomic E-state index is 6.75. The fourth-order valence-corrected chi connectivity index (χ4v) is 14.4. The summed E-state index contributed by atoms with van der Waals surface area (Å²) < 4.78 is 9.23. The van der Waals surface area contributed by atoms with Crippen molar-refractivity contribution < 1.29 is 4.42 Å². The zero-order chi connectivity index (χ0) is 40.8. The number of fused-ring (bicyclic) bond motifs is 14. The number of thiophene rings is 1. The van der Waals surface area contributed by atoms with Crippen molar-refractivity contribution >= 4 is 91.3 Å². The van der Waals surface area contributed by atoms with Crippen LogP contribution in [0.2, 0.25) is 0 Å². The number of hydrogen-bond acceptors (Lipinski definition) is 3. The van der Waals surface area contributed by atoms with Crippen LogP contribution in [0.3, 0.4) is 0 Å². The Hall–Kier alpha value is -6.59. The molecular formula is C57H41NOS2. The van der Waals surface area contributed by atoms with E-state index >= 15 is 0 Å². The normalized spacial score (nSPS) is 15.0. The van der Waals surface area contributed by atoms with Gasteiger partial charge in [0.15, 0.2) is 0 Å². The Morgan fingerprint density at radius 3 is 2.00 bits per heavy atom. The van der Waals surface area contributed by atoms with E-state index in [-0.39, 0.29) is 5.41 Å². The number of nitrogens with zero attached hydrogens (tertiary/aromatic N) is 1. The predicted molar refractivity (Wildman–Crippen MR) is 263 cm³/mol. The Morgan fingerprint density at radius 2 is 1.15 bits per heavy atom. The summed E-state index contributed by atoms with van der Waals surface area (Å²) in [5, 5.41) is 7.18. The number of anilines is 3. The fraction of sp³-hybridized carbons (Fsp3) is 0.0877. The van der Waals surface area contributed by atoms with Crippen LogP contribution < -0.4 is 4.90 Å². The molecule has 4 heteroatoms. The molecule has 0 N–H and O–H groups in total. The van der Waals surface area contributed by atoms with Crippen molar-refractivity contribution in [3.63, 3.8) is 0 Å². The number of hydrogen-bond donors (Lipinski definition) is 0. The van der Waals surface area contributed by atoms with E-state index in [4.69, 9.17) is 4.42 Å². The van der Waals surface area contributed by atoms with Crippen LogP contribution in [0.4, 0.5) is 17.1 Å². The molecule has 292 valence electrons. The lowest BCUT2D eigenvalue weighted by Gasteiger charge is -2.31. The van der Waals surface area contributed by atoms with Crippen LogP contribution in [-0.2, 0) is 5.41 Å². The summed E-state index contributed by atoms with van der Waals surface area (Å²) >= 11 is 1.85. The topological polar surface area (TPSA) is 16.4 Å². The molecular weight excluding hydrogens is 779 g/mol. The summed E-state index contributed by atoms with van der Waals surface area (Å²) in [6, 6.07) is 65.7. The maximum atomic E-state index is 6.75. The summed E-state index contributed by atoms with van der Waals surface area (Å²) in [5.41, 5.74) is 16.0. The van der Waals surface area contributed by atoms with Crippen LogP contribution in [0.5, 0.6) is 0 Å². The third-order valence-electron chi connectivity index (χ3n) is 13.7. The van der Waals surface area contributed by atoms with Gasteiger partial charge >= 0.3 is 0 Å². The Bertz CT molecular complexity index is 3660. The first-order chi connectivity index (χ1) is 29.7. The van der Waals surface area contributed by atoms with Crippen LogP contribution in [0.25, 0.3) is 86.3 Å². The second-order valence-electron chi connectivity index (χ2n) is 17.7. The van der Waals surface area contributed by atoms with Gasteiger partial charge in [0.1, 0.15) is 11.2 Å². The SMILES string of the molecule is CC1(C)c2ccccc2-c2cccc(-c3ccc(N(c4ccc5c(c4)S(C)(C)c4ccccc4-5)c4ccc5c(c4)sc4ccc6c7cc8ccccc8cc7oc6c45)cc3)c21. The first-order valence-corrected chi connectivity index (χ1v) is 24.3. The van der Waals surface area contributed by atoms with Gasteiger partial charge in [-0.15, -0.1) is 11.3 Å². The Balaban J connectivity index is 0.974. The molecule has 1 aliphatic carbocycles. The minimum atomic E-state index is -1.20. The van der Waals surface area contributed by atoms with Gasteiger partial charge in [-0.25, -0.2) is 0 Å². The van der Waals surface area contributed by atoms with E-state index in [1.807, 2.05) is 11.3 Å². The highest BCUT2D eigenvalue weighted by Crippen LogP contribution is 2.68. The lowest BCUT2D eigenvalue weighted by molar-refractivity contribution is 0.662. The van der Waals surface area contributed by atoms with E-state index in [9.17, 15) is 0 Å². The summed E-state index contributed by atoms with van der Waals surface area (Å²) in [5.74, 6) is 0. The van der Waals surface area contributed by atoms with E-state index in [1.54, 1.807) is 0 Å². The second kappa shape index (κ2) is 12.5.